The molecule has 3 aromatic rings. The Morgan fingerprint density at radius 3 is 1.71 bits per heavy atom. The molecule has 41 heavy (non-hydrogen) atoms. The van der Waals surface area contributed by atoms with Gasteiger partial charge in [-0.25, -0.2) is 8.42 Å². The minimum absolute atomic E-state index is 0.0427. The summed E-state index contributed by atoms with van der Waals surface area (Å²) in [7, 11) is -6.84. The monoisotopic (exact) mass is 596 g/mol. The van der Waals surface area contributed by atoms with Crippen molar-refractivity contribution in [2.24, 2.45) is 11.8 Å². The number of benzene rings is 3. The number of allylic oxidation sites excluding steroid dienone is 3. The Hall–Kier alpha value is -2.64. The molecule has 0 aromatic heterocycles. The fourth-order valence-electron chi connectivity index (χ4n) is 5.78. The lowest BCUT2D eigenvalue weighted by Gasteiger charge is -2.33. The lowest BCUT2D eigenvalue weighted by molar-refractivity contribution is -0.0294. The number of hydrogen-bond donors (Lipinski definition) is 3. The molecular formula is C33H41O6PS. The van der Waals surface area contributed by atoms with Crippen molar-refractivity contribution in [1.29, 1.82) is 0 Å². The Morgan fingerprint density at radius 2 is 1.34 bits per heavy atom. The Labute approximate surface area is 245 Å². The van der Waals surface area contributed by atoms with Crippen molar-refractivity contribution in [3.05, 3.63) is 115 Å². The first-order valence-corrected chi connectivity index (χ1v) is 17.0. The molecule has 0 bridgehead atoms. The predicted octanol–water partition coefficient (Wildman–Crippen LogP) is 5.04. The van der Waals surface area contributed by atoms with Gasteiger partial charge in [-0.3, -0.25) is 4.55 Å². The van der Waals surface area contributed by atoms with Crippen LogP contribution in [0, 0.1) is 11.8 Å². The van der Waals surface area contributed by atoms with Crippen molar-refractivity contribution < 1.29 is 27.7 Å². The van der Waals surface area contributed by atoms with Crippen molar-refractivity contribution in [2.45, 2.75) is 51.7 Å². The van der Waals surface area contributed by atoms with Crippen molar-refractivity contribution in [2.75, 3.05) is 6.16 Å². The molecule has 0 spiro atoms. The van der Waals surface area contributed by atoms with E-state index < -0.39 is 28.9 Å². The third-order valence-electron chi connectivity index (χ3n) is 7.86. The fourth-order valence-corrected chi connectivity index (χ4v) is 9.91. The van der Waals surface area contributed by atoms with Gasteiger partial charge in [-0.1, -0.05) is 72.3 Å². The van der Waals surface area contributed by atoms with Gasteiger partial charge < -0.3 is 14.8 Å². The van der Waals surface area contributed by atoms with Crippen LogP contribution in [0.5, 0.6) is 0 Å². The molecule has 3 atom stereocenters. The van der Waals surface area contributed by atoms with Crippen LogP contribution < -0.4 is 15.9 Å². The Morgan fingerprint density at radius 1 is 0.951 bits per heavy atom. The van der Waals surface area contributed by atoms with Crippen LogP contribution in [0.3, 0.4) is 0 Å². The first-order chi connectivity index (χ1) is 19.1. The first-order valence-electron chi connectivity index (χ1n) is 13.7. The quantitative estimate of drug-likeness (QED) is 0.145. The molecular weight excluding hydrogens is 555 g/mol. The Bertz CT molecular complexity index is 1310. The maximum Gasteiger partial charge on any atom is 0.215 e. The molecule has 3 aromatic carbocycles. The zero-order valence-corrected chi connectivity index (χ0v) is 25.8. The van der Waals surface area contributed by atoms with E-state index in [1.54, 1.807) is 0 Å². The molecule has 3 N–H and O–H groups in total. The van der Waals surface area contributed by atoms with E-state index >= 15 is 0 Å². The third kappa shape index (κ3) is 8.92. The second-order valence-corrected chi connectivity index (χ2v) is 15.8. The molecule has 1 saturated carbocycles. The first kappa shape index (κ1) is 32.9. The predicted molar refractivity (Wildman–Crippen MR) is 168 cm³/mol. The second-order valence-electron chi connectivity index (χ2n) is 11.4. The average Bonchev–Trinajstić information content (AvgIpc) is 3.23. The highest BCUT2D eigenvalue weighted by Crippen LogP contribution is 2.55. The summed E-state index contributed by atoms with van der Waals surface area (Å²) in [5, 5.41) is 25.9. The van der Waals surface area contributed by atoms with Crippen LogP contribution in [0.1, 0.15) is 40.5 Å². The van der Waals surface area contributed by atoms with Gasteiger partial charge in [0.25, 0.3) is 0 Å². The third-order valence-corrected chi connectivity index (χ3v) is 12.1. The van der Waals surface area contributed by atoms with Gasteiger partial charge in [-0.15, -0.1) is 0 Å². The van der Waals surface area contributed by atoms with Gasteiger partial charge in [-0.2, -0.15) is 0 Å². The van der Waals surface area contributed by atoms with Crippen LogP contribution in [0.2, 0.25) is 0 Å². The van der Waals surface area contributed by atoms with Crippen molar-refractivity contribution in [3.63, 3.8) is 0 Å². The summed E-state index contributed by atoms with van der Waals surface area (Å²) in [5.41, 5.74) is -0.433. The van der Waals surface area contributed by atoms with Gasteiger partial charge in [0.2, 0.25) is 10.4 Å². The molecule has 3 unspecified atom stereocenters. The topological polar surface area (TPSA) is 118 Å². The zero-order valence-electron chi connectivity index (χ0n) is 24.1. The van der Waals surface area contributed by atoms with Crippen molar-refractivity contribution in [1.82, 2.24) is 0 Å². The normalized spacial score (nSPS) is 21.9. The molecule has 6 nitrogen and oxygen atoms in total. The maximum atomic E-state index is 11.0. The molecule has 1 fully saturated rings. The highest BCUT2D eigenvalue weighted by molar-refractivity contribution is 7.95. The maximum absolute atomic E-state index is 11.0. The smallest absolute Gasteiger partial charge is 0.215 e. The minimum Gasteiger partial charge on any atom is -0.726 e. The number of hydrogen-bond acceptors (Lipinski definition) is 5. The zero-order chi connectivity index (χ0) is 30.3. The van der Waals surface area contributed by atoms with Gasteiger partial charge in [0.1, 0.15) is 23.2 Å². The molecule has 4 rings (SSSR count). The Balaban J connectivity index is 0.000000850. The van der Waals surface area contributed by atoms with Crippen molar-refractivity contribution >= 4 is 33.6 Å². The van der Waals surface area contributed by atoms with E-state index in [0.717, 1.165) is 12.6 Å². The van der Waals surface area contributed by atoms with E-state index in [0.29, 0.717) is 6.42 Å². The standard InChI is InChI=1S/C33H40O2P.H2O4S/c1-26(20-21-31-30(32(2,3)34)22-24-33(31,4)35)23-25-36(27-14-8-5-9-15-27,28-16-10-6-11-17-28)29-18-12-7-13-19-29;1-5(2,3)4/h5-21,23,30-31,34-35H,22,24-25H2,1-4H3;(H2,1,2,3,4)/q+1;/p-1/b21-20+,26-23+;. The van der Waals surface area contributed by atoms with Crippen LogP contribution in [0.4, 0.5) is 0 Å². The molecule has 1 aliphatic rings. The molecule has 8 heteroatoms. The summed E-state index contributed by atoms with van der Waals surface area (Å²) in [6.07, 6.45) is 9.11. The second kappa shape index (κ2) is 13.6. The van der Waals surface area contributed by atoms with Crippen molar-refractivity contribution in [3.8, 4) is 0 Å². The average molecular weight is 597 g/mol. The van der Waals surface area contributed by atoms with Crippen LogP contribution in [0.15, 0.2) is 115 Å². The van der Waals surface area contributed by atoms with E-state index in [-0.39, 0.29) is 11.8 Å². The lowest BCUT2D eigenvalue weighted by Crippen LogP contribution is -2.39. The van der Waals surface area contributed by atoms with E-state index in [9.17, 15) is 10.2 Å². The van der Waals surface area contributed by atoms with Crippen LogP contribution in [-0.2, 0) is 10.4 Å². The van der Waals surface area contributed by atoms with E-state index in [2.05, 4.69) is 116 Å². The number of aliphatic hydroxyl groups is 2. The molecule has 0 radical (unpaired) electrons. The van der Waals surface area contributed by atoms with Gasteiger partial charge in [0, 0.05) is 5.92 Å². The fraction of sp³-hybridized carbons (Fsp3) is 0.333. The highest BCUT2D eigenvalue weighted by atomic mass is 32.3. The summed E-state index contributed by atoms with van der Waals surface area (Å²) in [6, 6.07) is 32.8. The summed E-state index contributed by atoms with van der Waals surface area (Å²) in [6.45, 7) is 7.78. The van der Waals surface area contributed by atoms with Crippen LogP contribution >= 0.6 is 7.26 Å². The molecule has 1 aliphatic carbocycles. The van der Waals surface area contributed by atoms with E-state index in [4.69, 9.17) is 17.5 Å². The largest absolute Gasteiger partial charge is 0.726 e. The molecule has 0 amide bonds. The SMILES string of the molecule is CC(/C=C/C1C(C(C)(C)O)CCC1(C)O)=C\C[P+](c1ccccc1)(c1ccccc1)c1ccccc1.O=S(=O)([O-])O. The summed E-state index contributed by atoms with van der Waals surface area (Å²) < 4.78 is 32.8. The summed E-state index contributed by atoms with van der Waals surface area (Å²) in [4.78, 5) is 0. The van der Waals surface area contributed by atoms with Gasteiger partial charge in [-0.05, 0) is 88.9 Å². The van der Waals surface area contributed by atoms with E-state index in [1.165, 1.54) is 21.5 Å². The molecule has 0 heterocycles. The summed E-state index contributed by atoms with van der Waals surface area (Å²) >= 11 is 0. The van der Waals surface area contributed by atoms with Gasteiger partial charge >= 0.3 is 0 Å². The molecule has 220 valence electrons. The summed E-state index contributed by atoms with van der Waals surface area (Å²) in [5.74, 6) is -0.0288. The Kier molecular flexibility index (Phi) is 10.9. The van der Waals surface area contributed by atoms with Crippen LogP contribution in [-0.4, -0.2) is 45.1 Å². The molecule has 0 saturated heterocycles. The van der Waals surface area contributed by atoms with Gasteiger partial charge in [0.05, 0.1) is 17.4 Å². The minimum atomic E-state index is -4.92. The molecule has 0 aliphatic heterocycles. The van der Waals surface area contributed by atoms with E-state index in [1.807, 2.05) is 20.8 Å². The number of rotatable bonds is 8. The highest BCUT2D eigenvalue weighted by Gasteiger charge is 2.48. The lowest BCUT2D eigenvalue weighted by atomic mass is 9.78. The van der Waals surface area contributed by atoms with Crippen LogP contribution in [0.25, 0.3) is 0 Å². The van der Waals surface area contributed by atoms with Gasteiger partial charge in [0.15, 0.2) is 0 Å².